The van der Waals surface area contributed by atoms with Crippen molar-refractivity contribution in [3.8, 4) is 11.5 Å². The Morgan fingerprint density at radius 2 is 1.74 bits per heavy atom. The van der Waals surface area contributed by atoms with Crippen molar-refractivity contribution in [3.63, 3.8) is 0 Å². The van der Waals surface area contributed by atoms with Gasteiger partial charge in [0.25, 0.3) is 0 Å². The van der Waals surface area contributed by atoms with Crippen molar-refractivity contribution in [1.29, 1.82) is 0 Å². The summed E-state index contributed by atoms with van der Waals surface area (Å²) in [6.45, 7) is 4.68. The van der Waals surface area contributed by atoms with E-state index in [1.807, 2.05) is 33.8 Å². The van der Waals surface area contributed by atoms with Crippen LogP contribution in [0.2, 0.25) is 0 Å². The molecule has 0 N–H and O–H groups in total. The Kier molecular flexibility index (Phi) is 4.50. The number of imide groups is 1. The number of hydrogen-bond donors (Lipinski definition) is 0. The molecular weight excluding hydrogens is 394 g/mol. The minimum absolute atomic E-state index is 0.187. The number of carbonyl (C=O) groups excluding carboxylic acids is 3. The molecule has 4 heterocycles. The molecule has 1 saturated heterocycles. The van der Waals surface area contributed by atoms with Crippen LogP contribution in [0, 0.1) is 13.8 Å². The molecule has 0 bridgehead atoms. The first kappa shape index (κ1) is 19.3. The minimum Gasteiger partial charge on any atom is -0.331 e. The lowest BCUT2D eigenvalue weighted by atomic mass is 10.1. The van der Waals surface area contributed by atoms with Crippen LogP contribution in [-0.4, -0.2) is 48.4 Å². The summed E-state index contributed by atoms with van der Waals surface area (Å²) in [5.74, 6) is 0.111. The van der Waals surface area contributed by atoms with Gasteiger partial charge in [-0.05, 0) is 37.6 Å². The fourth-order valence-corrected chi connectivity index (χ4v) is 4.36. The van der Waals surface area contributed by atoms with Gasteiger partial charge >= 0.3 is 0 Å². The van der Waals surface area contributed by atoms with Crippen LogP contribution in [0.25, 0.3) is 11.5 Å². The van der Waals surface area contributed by atoms with Crippen molar-refractivity contribution in [2.45, 2.75) is 39.8 Å². The molecule has 1 aromatic carbocycles. The summed E-state index contributed by atoms with van der Waals surface area (Å²) in [6, 6.07) is 10.2. The van der Waals surface area contributed by atoms with Gasteiger partial charge < -0.3 is 9.47 Å². The summed E-state index contributed by atoms with van der Waals surface area (Å²) in [5, 5.41) is 4.86. The molecule has 3 amide bonds. The van der Waals surface area contributed by atoms with E-state index in [0.717, 1.165) is 33.2 Å². The molecule has 2 aliphatic heterocycles. The average molecular weight is 417 g/mol. The smallest absolute Gasteiger partial charge is 0.243 e. The molecule has 1 fully saturated rings. The first-order valence-electron chi connectivity index (χ1n) is 10.3. The minimum atomic E-state index is -0.275. The first-order chi connectivity index (χ1) is 14.9. The third-order valence-corrected chi connectivity index (χ3v) is 5.96. The lowest BCUT2D eigenvalue weighted by Gasteiger charge is -2.21. The predicted molar refractivity (Wildman–Crippen MR) is 113 cm³/mol. The fourth-order valence-electron chi connectivity index (χ4n) is 4.36. The molecule has 8 nitrogen and oxygen atoms in total. The molecule has 2 aromatic heterocycles. The largest absolute Gasteiger partial charge is 0.331 e. The number of hydrogen-bond acceptors (Lipinski definition) is 4. The van der Waals surface area contributed by atoms with Crippen LogP contribution in [0.15, 0.2) is 42.7 Å². The van der Waals surface area contributed by atoms with Crippen LogP contribution < -0.4 is 0 Å². The van der Waals surface area contributed by atoms with Crippen molar-refractivity contribution in [2.24, 2.45) is 0 Å². The molecular formula is C23H23N5O3. The van der Waals surface area contributed by atoms with Gasteiger partial charge in [-0.2, -0.15) is 5.10 Å². The SMILES string of the molecule is Cc1ccc(-n2nc3c(c2-n2cccc2)CN(C(=O)CN2C(=O)CCC2=O)C3)c(C)c1. The lowest BCUT2D eigenvalue weighted by Crippen LogP contribution is -2.40. The summed E-state index contributed by atoms with van der Waals surface area (Å²) in [5.41, 5.74) is 5.11. The molecule has 8 heteroatoms. The monoisotopic (exact) mass is 417 g/mol. The van der Waals surface area contributed by atoms with E-state index in [2.05, 4.69) is 32.0 Å². The first-order valence-corrected chi connectivity index (χ1v) is 10.3. The van der Waals surface area contributed by atoms with Gasteiger partial charge in [0.1, 0.15) is 12.4 Å². The molecule has 0 unspecified atom stereocenters. The Morgan fingerprint density at radius 1 is 1.03 bits per heavy atom. The van der Waals surface area contributed by atoms with Gasteiger partial charge in [-0.15, -0.1) is 0 Å². The van der Waals surface area contributed by atoms with Crippen LogP contribution in [0.4, 0.5) is 0 Å². The number of carbonyl (C=O) groups is 3. The van der Waals surface area contributed by atoms with Crippen LogP contribution in [0.3, 0.4) is 0 Å². The van der Waals surface area contributed by atoms with Gasteiger partial charge in [-0.1, -0.05) is 17.7 Å². The number of benzene rings is 1. The van der Waals surface area contributed by atoms with Crippen LogP contribution in [0.1, 0.15) is 35.2 Å². The van der Waals surface area contributed by atoms with Crippen LogP contribution in [0.5, 0.6) is 0 Å². The van der Waals surface area contributed by atoms with Gasteiger partial charge in [0.2, 0.25) is 17.7 Å². The molecule has 0 radical (unpaired) electrons. The van der Waals surface area contributed by atoms with Crippen molar-refractivity contribution >= 4 is 17.7 Å². The van der Waals surface area contributed by atoms with E-state index in [1.165, 1.54) is 5.56 Å². The van der Waals surface area contributed by atoms with Gasteiger partial charge in [0.05, 0.1) is 24.5 Å². The Labute approximate surface area is 179 Å². The van der Waals surface area contributed by atoms with Crippen molar-refractivity contribution in [1.82, 2.24) is 24.1 Å². The highest BCUT2D eigenvalue weighted by Gasteiger charge is 2.35. The lowest BCUT2D eigenvalue weighted by molar-refractivity contribution is -0.145. The van der Waals surface area contributed by atoms with E-state index in [-0.39, 0.29) is 37.1 Å². The maximum atomic E-state index is 12.8. The molecule has 0 aliphatic carbocycles. The van der Waals surface area contributed by atoms with E-state index in [0.29, 0.717) is 13.1 Å². The highest BCUT2D eigenvalue weighted by molar-refractivity contribution is 6.04. The summed E-state index contributed by atoms with van der Waals surface area (Å²) in [7, 11) is 0. The second-order valence-electron chi connectivity index (χ2n) is 8.16. The molecule has 5 rings (SSSR count). The predicted octanol–water partition coefficient (Wildman–Crippen LogP) is 2.27. The molecule has 31 heavy (non-hydrogen) atoms. The average Bonchev–Trinajstić information content (AvgIpc) is 3.49. The molecule has 0 saturated carbocycles. The highest BCUT2D eigenvalue weighted by atomic mass is 16.2. The van der Waals surface area contributed by atoms with Crippen LogP contribution >= 0.6 is 0 Å². The zero-order valence-electron chi connectivity index (χ0n) is 17.5. The van der Waals surface area contributed by atoms with Crippen molar-refractivity contribution < 1.29 is 14.4 Å². The fraction of sp³-hybridized carbons (Fsp3) is 0.304. The number of amides is 3. The van der Waals surface area contributed by atoms with Gasteiger partial charge in [0, 0.05) is 30.8 Å². The zero-order chi connectivity index (χ0) is 21.7. The van der Waals surface area contributed by atoms with E-state index in [9.17, 15) is 14.4 Å². The normalized spacial score (nSPS) is 15.8. The van der Waals surface area contributed by atoms with Crippen LogP contribution in [-0.2, 0) is 27.5 Å². The number of rotatable bonds is 4. The number of fused-ring (bicyclic) bond motifs is 1. The maximum absolute atomic E-state index is 12.8. The number of nitrogens with zero attached hydrogens (tertiary/aromatic N) is 5. The second kappa shape index (κ2) is 7.23. The highest BCUT2D eigenvalue weighted by Crippen LogP contribution is 2.31. The summed E-state index contributed by atoms with van der Waals surface area (Å²) >= 11 is 0. The molecule has 158 valence electrons. The maximum Gasteiger partial charge on any atom is 0.243 e. The zero-order valence-corrected chi connectivity index (χ0v) is 17.5. The summed E-state index contributed by atoms with van der Waals surface area (Å²) in [6.07, 6.45) is 4.30. The molecule has 0 spiro atoms. The standard InChI is InChI=1S/C23H23N5O3/c1-15-5-6-19(16(2)11-15)28-23(25-9-3-4-10-25)17-12-26(13-18(17)24-28)22(31)14-27-20(29)7-8-21(27)30/h3-6,9-11H,7-8,12-14H2,1-2H3. The Bertz CT molecular complexity index is 1190. The number of aryl methyl sites for hydroxylation is 2. The van der Waals surface area contributed by atoms with Crippen molar-refractivity contribution in [2.75, 3.05) is 6.54 Å². The van der Waals surface area contributed by atoms with E-state index in [1.54, 1.807) is 4.90 Å². The molecule has 0 atom stereocenters. The second-order valence-corrected chi connectivity index (χ2v) is 8.16. The third kappa shape index (κ3) is 3.24. The Balaban J connectivity index is 1.48. The van der Waals surface area contributed by atoms with Gasteiger partial charge in [-0.25, -0.2) is 4.68 Å². The topological polar surface area (TPSA) is 80.4 Å². The van der Waals surface area contributed by atoms with E-state index >= 15 is 0 Å². The molecule has 2 aliphatic rings. The quantitative estimate of drug-likeness (QED) is 0.610. The van der Waals surface area contributed by atoms with E-state index in [4.69, 9.17) is 5.10 Å². The molecule has 3 aromatic rings. The summed E-state index contributed by atoms with van der Waals surface area (Å²) < 4.78 is 3.95. The van der Waals surface area contributed by atoms with Gasteiger partial charge in [-0.3, -0.25) is 19.3 Å². The van der Waals surface area contributed by atoms with Crippen molar-refractivity contribution in [3.05, 3.63) is 65.1 Å². The Morgan fingerprint density at radius 3 is 2.42 bits per heavy atom. The third-order valence-electron chi connectivity index (χ3n) is 5.96. The Hall–Kier alpha value is -3.68. The summed E-state index contributed by atoms with van der Waals surface area (Å²) in [4.78, 5) is 39.3. The van der Waals surface area contributed by atoms with E-state index < -0.39 is 0 Å². The van der Waals surface area contributed by atoms with Gasteiger partial charge in [0.15, 0.2) is 0 Å². The number of likely N-dealkylation sites (tertiary alicyclic amines) is 1. The number of aromatic nitrogens is 3.